The van der Waals surface area contributed by atoms with Crippen molar-refractivity contribution >= 4 is 10.0 Å². The molecule has 0 amide bonds. The lowest BCUT2D eigenvalue weighted by Gasteiger charge is -2.20. The van der Waals surface area contributed by atoms with E-state index in [1.54, 1.807) is 12.1 Å². The Kier molecular flexibility index (Phi) is 7.85. The maximum Gasteiger partial charge on any atom is 0.241 e. The molecule has 0 aromatic heterocycles. The van der Waals surface area contributed by atoms with Gasteiger partial charge in [-0.3, -0.25) is 0 Å². The molecule has 1 N–H and O–H groups in total. The summed E-state index contributed by atoms with van der Waals surface area (Å²) < 4.78 is 29.7. The van der Waals surface area contributed by atoms with E-state index in [0.717, 1.165) is 35.2 Å². The largest absolute Gasteiger partial charge is 0.300 e. The molecule has 4 nitrogen and oxygen atoms in total. The van der Waals surface area contributed by atoms with E-state index < -0.39 is 16.1 Å². The van der Waals surface area contributed by atoms with Gasteiger partial charge in [-0.25, -0.2) is 8.42 Å². The molecular weight excluding hydrogens is 476 g/mol. The number of hydrogen-bond acceptors (Lipinski definition) is 3. The summed E-state index contributed by atoms with van der Waals surface area (Å²) in [5.41, 5.74) is 5.21. The van der Waals surface area contributed by atoms with Gasteiger partial charge in [-0.15, -0.1) is 0 Å². The molecule has 1 unspecified atom stereocenters. The van der Waals surface area contributed by atoms with Crippen LogP contribution in [-0.4, -0.2) is 32.4 Å². The maximum absolute atomic E-state index is 13.4. The second kappa shape index (κ2) is 11.4. The predicted octanol–water partition coefficient (Wildman–Crippen LogP) is 6.45. The molecule has 190 valence electrons. The summed E-state index contributed by atoms with van der Waals surface area (Å²) in [7, 11) is -3.74. The van der Waals surface area contributed by atoms with Crippen LogP contribution in [0.5, 0.6) is 0 Å². The summed E-state index contributed by atoms with van der Waals surface area (Å²) in [5, 5.41) is 0. The van der Waals surface area contributed by atoms with Crippen molar-refractivity contribution in [2.45, 2.75) is 43.2 Å². The Morgan fingerprint density at radius 3 is 1.84 bits per heavy atom. The third-order valence-corrected chi connectivity index (χ3v) is 8.81. The summed E-state index contributed by atoms with van der Waals surface area (Å²) >= 11 is 0. The van der Waals surface area contributed by atoms with Crippen LogP contribution >= 0.6 is 0 Å². The first-order chi connectivity index (χ1) is 18.0. The smallest absolute Gasteiger partial charge is 0.241 e. The van der Waals surface area contributed by atoms with Crippen molar-refractivity contribution in [3.8, 4) is 11.1 Å². The lowest BCUT2D eigenvalue weighted by molar-refractivity contribution is 0.272. The molecule has 0 spiro atoms. The summed E-state index contributed by atoms with van der Waals surface area (Å²) in [6.07, 6.45) is 3.66. The highest BCUT2D eigenvalue weighted by molar-refractivity contribution is 7.89. The zero-order chi connectivity index (χ0) is 25.7. The van der Waals surface area contributed by atoms with Gasteiger partial charge in [0.1, 0.15) is 0 Å². The second-order valence-electron chi connectivity index (χ2n) is 9.87. The fraction of sp³-hybridized carbons (Fsp3) is 0.250. The Bertz CT molecular complexity index is 1350. The summed E-state index contributed by atoms with van der Waals surface area (Å²) in [6, 6.07) is 35.3. The van der Waals surface area contributed by atoms with Crippen molar-refractivity contribution in [2.24, 2.45) is 0 Å². The molecule has 0 saturated carbocycles. The molecule has 4 aromatic carbocycles. The normalized spacial score (nSPS) is 16.3. The highest BCUT2D eigenvalue weighted by Gasteiger charge is 2.23. The first-order valence-electron chi connectivity index (χ1n) is 13.1. The van der Waals surface area contributed by atoms with Crippen molar-refractivity contribution in [1.82, 2.24) is 9.62 Å². The van der Waals surface area contributed by atoms with Gasteiger partial charge in [0.15, 0.2) is 0 Å². The number of likely N-dealkylation sites (tertiary alicyclic amines) is 1. The minimum atomic E-state index is -3.74. The molecule has 1 atom stereocenters. The Hall–Kier alpha value is -3.25. The number of nitrogens with one attached hydrogen (secondary N) is 1. The first kappa shape index (κ1) is 25.4. The number of rotatable bonds is 9. The van der Waals surface area contributed by atoms with Crippen LogP contribution in [0.4, 0.5) is 0 Å². The highest BCUT2D eigenvalue weighted by atomic mass is 32.2. The minimum Gasteiger partial charge on any atom is -0.300 e. The van der Waals surface area contributed by atoms with Crippen LogP contribution in [0.3, 0.4) is 0 Å². The molecule has 5 rings (SSSR count). The molecule has 37 heavy (non-hydrogen) atoms. The molecule has 0 bridgehead atoms. The topological polar surface area (TPSA) is 49.4 Å². The number of sulfonamides is 1. The summed E-state index contributed by atoms with van der Waals surface area (Å²) in [6.45, 7) is 4.63. The van der Waals surface area contributed by atoms with E-state index in [9.17, 15) is 8.42 Å². The molecular formula is C32H34N2O2S. The van der Waals surface area contributed by atoms with E-state index in [-0.39, 0.29) is 4.90 Å². The van der Waals surface area contributed by atoms with Crippen LogP contribution in [0, 0.1) is 0 Å². The zero-order valence-electron chi connectivity index (χ0n) is 21.3. The van der Waals surface area contributed by atoms with Crippen molar-refractivity contribution in [1.29, 1.82) is 0 Å². The van der Waals surface area contributed by atoms with Gasteiger partial charge < -0.3 is 4.90 Å². The minimum absolute atomic E-state index is 0.254. The van der Waals surface area contributed by atoms with Gasteiger partial charge in [-0.1, -0.05) is 97.1 Å². The first-order valence-corrected chi connectivity index (χ1v) is 14.5. The molecule has 1 aliphatic heterocycles. The van der Waals surface area contributed by atoms with E-state index >= 15 is 0 Å². The van der Waals surface area contributed by atoms with Crippen molar-refractivity contribution in [3.05, 3.63) is 126 Å². The fourth-order valence-corrected chi connectivity index (χ4v) is 6.34. The molecule has 1 fully saturated rings. The Morgan fingerprint density at radius 1 is 0.784 bits per heavy atom. The molecule has 4 aromatic rings. The number of hydrogen-bond donors (Lipinski definition) is 1. The van der Waals surface area contributed by atoms with Crippen molar-refractivity contribution in [3.63, 3.8) is 0 Å². The molecule has 5 heteroatoms. The molecule has 1 aliphatic rings. The molecule has 1 saturated heterocycles. The predicted molar refractivity (Wildman–Crippen MR) is 151 cm³/mol. The standard InChI is InChI=1S/C32H34N2O2S/c1-25-9-8-23-34(25)24-22-26-14-16-27(17-15-26)28-18-20-31(21-19-28)37(35,36)33-32(29-10-4-2-5-11-29)30-12-6-3-7-13-30/h2-7,10-21,25,32-33H,8-9,22-24H2,1H3. The fourth-order valence-electron chi connectivity index (χ4n) is 5.13. The van der Waals surface area contributed by atoms with Crippen molar-refractivity contribution in [2.75, 3.05) is 13.1 Å². The third kappa shape index (κ3) is 6.19. The number of benzene rings is 4. The van der Waals surface area contributed by atoms with E-state index in [2.05, 4.69) is 40.8 Å². The quantitative estimate of drug-likeness (QED) is 0.282. The van der Waals surface area contributed by atoms with Crippen LogP contribution in [-0.2, 0) is 16.4 Å². The average Bonchev–Trinajstić information content (AvgIpc) is 3.36. The Balaban J connectivity index is 1.29. The maximum atomic E-state index is 13.4. The second-order valence-corrected chi connectivity index (χ2v) is 11.6. The van der Waals surface area contributed by atoms with E-state index in [1.807, 2.05) is 72.8 Å². The van der Waals surface area contributed by atoms with Gasteiger partial charge in [-0.05, 0) is 72.7 Å². The van der Waals surface area contributed by atoms with Crippen LogP contribution in [0.25, 0.3) is 11.1 Å². The van der Waals surface area contributed by atoms with Gasteiger partial charge >= 0.3 is 0 Å². The monoisotopic (exact) mass is 510 g/mol. The summed E-state index contributed by atoms with van der Waals surface area (Å²) in [4.78, 5) is 2.82. The SMILES string of the molecule is CC1CCCN1CCc1ccc(-c2ccc(S(=O)(=O)NC(c3ccccc3)c3ccccc3)cc2)cc1. The average molecular weight is 511 g/mol. The Morgan fingerprint density at radius 2 is 1.32 bits per heavy atom. The van der Waals surface area contributed by atoms with Gasteiger partial charge in [-0.2, -0.15) is 4.72 Å². The van der Waals surface area contributed by atoms with Crippen LogP contribution < -0.4 is 4.72 Å². The molecule has 0 aliphatic carbocycles. The van der Waals surface area contributed by atoms with Gasteiger partial charge in [0.2, 0.25) is 10.0 Å². The van der Waals surface area contributed by atoms with Gasteiger partial charge in [0.05, 0.1) is 10.9 Å². The van der Waals surface area contributed by atoms with Crippen molar-refractivity contribution < 1.29 is 8.42 Å². The number of nitrogens with zero attached hydrogens (tertiary/aromatic N) is 1. The summed E-state index contributed by atoms with van der Waals surface area (Å²) in [5.74, 6) is 0. The van der Waals surface area contributed by atoms with Crippen LogP contribution in [0.15, 0.2) is 114 Å². The van der Waals surface area contributed by atoms with Gasteiger partial charge in [0, 0.05) is 12.6 Å². The highest BCUT2D eigenvalue weighted by Crippen LogP contribution is 2.26. The lowest BCUT2D eigenvalue weighted by Crippen LogP contribution is -2.29. The zero-order valence-corrected chi connectivity index (χ0v) is 22.1. The van der Waals surface area contributed by atoms with Crippen LogP contribution in [0.2, 0.25) is 0 Å². The van der Waals surface area contributed by atoms with Gasteiger partial charge in [0.25, 0.3) is 0 Å². The Labute approximate surface area is 221 Å². The van der Waals surface area contributed by atoms with E-state index in [4.69, 9.17) is 0 Å². The van der Waals surface area contributed by atoms with E-state index in [1.165, 1.54) is 24.9 Å². The third-order valence-electron chi connectivity index (χ3n) is 7.37. The van der Waals surface area contributed by atoms with Crippen LogP contribution in [0.1, 0.15) is 42.5 Å². The lowest BCUT2D eigenvalue weighted by atomic mass is 10.00. The molecule has 1 heterocycles. The molecule has 0 radical (unpaired) electrons. The van der Waals surface area contributed by atoms with E-state index in [0.29, 0.717) is 6.04 Å².